The van der Waals surface area contributed by atoms with E-state index in [-0.39, 0.29) is 36.6 Å². The number of carbonyl (C=O) groups is 3. The minimum Gasteiger partial charge on any atom is -0.508 e. The molecule has 170 valence electrons. The lowest BCUT2D eigenvalue weighted by molar-refractivity contribution is -0.131. The molecule has 2 heterocycles. The number of benzene rings is 2. The molecule has 3 unspecified atom stereocenters. The van der Waals surface area contributed by atoms with Crippen molar-refractivity contribution in [1.29, 1.82) is 0 Å². The van der Waals surface area contributed by atoms with Gasteiger partial charge in [0.2, 0.25) is 5.91 Å². The van der Waals surface area contributed by atoms with Crippen molar-refractivity contribution in [1.82, 2.24) is 10.6 Å². The Hall–Kier alpha value is -3.23. The minimum absolute atomic E-state index is 0.000821. The van der Waals surface area contributed by atoms with Gasteiger partial charge >= 0.3 is 0 Å². The second kappa shape index (κ2) is 8.61. The average Bonchev–Trinajstić information content (AvgIpc) is 3.50. The molecule has 1 saturated carbocycles. The van der Waals surface area contributed by atoms with Crippen molar-refractivity contribution in [2.75, 3.05) is 6.61 Å². The van der Waals surface area contributed by atoms with E-state index < -0.39 is 17.5 Å². The van der Waals surface area contributed by atoms with Crippen LogP contribution in [0, 0.1) is 0 Å². The van der Waals surface area contributed by atoms with Gasteiger partial charge in [0, 0.05) is 21.9 Å². The number of nitrogens with one attached hydrogen (secondary N) is 2. The summed E-state index contributed by atoms with van der Waals surface area (Å²) in [6, 6.07) is 13.2. The molecule has 8 heteroatoms. The van der Waals surface area contributed by atoms with Gasteiger partial charge in [-0.2, -0.15) is 0 Å². The van der Waals surface area contributed by atoms with Crippen LogP contribution in [-0.4, -0.2) is 47.0 Å². The van der Waals surface area contributed by atoms with E-state index in [1.165, 1.54) is 11.3 Å². The van der Waals surface area contributed by atoms with Gasteiger partial charge in [-0.3, -0.25) is 14.4 Å². The number of phenolic OH excluding ortho intramolecular Hbond substituents is 1. The van der Waals surface area contributed by atoms with Gasteiger partial charge in [-0.25, -0.2) is 0 Å². The summed E-state index contributed by atoms with van der Waals surface area (Å²) in [6.07, 6.45) is 1.96. The third-order valence-corrected chi connectivity index (χ3v) is 7.53. The topological polar surface area (TPSA) is 105 Å². The Morgan fingerprint density at radius 3 is 2.79 bits per heavy atom. The minimum atomic E-state index is -1.01. The average molecular weight is 465 g/mol. The van der Waals surface area contributed by atoms with Crippen LogP contribution in [0.1, 0.15) is 35.2 Å². The fraction of sp³-hybridized carbons (Fsp3) is 0.320. The van der Waals surface area contributed by atoms with Gasteiger partial charge in [0.1, 0.15) is 23.9 Å². The van der Waals surface area contributed by atoms with E-state index in [4.69, 9.17) is 4.74 Å². The Balaban J connectivity index is 1.41. The van der Waals surface area contributed by atoms with Crippen LogP contribution in [-0.2, 0) is 20.7 Å². The van der Waals surface area contributed by atoms with Crippen molar-refractivity contribution in [3.8, 4) is 5.75 Å². The highest BCUT2D eigenvalue weighted by molar-refractivity contribution is 7.17. The van der Waals surface area contributed by atoms with Gasteiger partial charge in [0.25, 0.3) is 5.91 Å². The van der Waals surface area contributed by atoms with Crippen molar-refractivity contribution in [2.45, 2.75) is 43.4 Å². The fourth-order valence-corrected chi connectivity index (χ4v) is 5.75. The molecule has 0 bridgehead atoms. The molecule has 33 heavy (non-hydrogen) atoms. The predicted octanol–water partition coefficient (Wildman–Crippen LogP) is 2.95. The van der Waals surface area contributed by atoms with Crippen molar-refractivity contribution in [3.63, 3.8) is 0 Å². The zero-order valence-corrected chi connectivity index (χ0v) is 18.7. The second-order valence-electron chi connectivity index (χ2n) is 8.62. The number of phenols is 1. The molecular weight excluding hydrogens is 440 g/mol. The molecule has 3 atom stereocenters. The highest BCUT2D eigenvalue weighted by Gasteiger charge is 2.55. The smallest absolute Gasteiger partial charge is 0.253 e. The van der Waals surface area contributed by atoms with Crippen molar-refractivity contribution < 1.29 is 24.2 Å². The van der Waals surface area contributed by atoms with E-state index in [0.29, 0.717) is 12.0 Å². The molecule has 1 aliphatic heterocycles. The number of Topliss-reactive ketones (excluding diaryl/α,β-unsaturated/α-hetero) is 1. The van der Waals surface area contributed by atoms with Crippen LogP contribution >= 0.6 is 11.3 Å². The van der Waals surface area contributed by atoms with Crippen LogP contribution in [0.25, 0.3) is 10.1 Å². The van der Waals surface area contributed by atoms with Crippen molar-refractivity contribution >= 4 is 39.0 Å². The highest BCUT2D eigenvalue weighted by atomic mass is 32.1. The summed E-state index contributed by atoms with van der Waals surface area (Å²) in [5, 5.41) is 18.0. The maximum atomic E-state index is 13.4. The summed E-state index contributed by atoms with van der Waals surface area (Å²) >= 11 is 1.47. The number of ether oxygens (including phenoxy) is 1. The van der Waals surface area contributed by atoms with Gasteiger partial charge in [-0.15, -0.1) is 11.3 Å². The Morgan fingerprint density at radius 2 is 1.97 bits per heavy atom. The number of hydrogen-bond acceptors (Lipinski definition) is 6. The Kier molecular flexibility index (Phi) is 5.64. The normalized spacial score (nSPS) is 22.8. The molecule has 3 aromatic rings. The van der Waals surface area contributed by atoms with Gasteiger partial charge in [-0.05, 0) is 43.0 Å². The monoisotopic (exact) mass is 464 g/mol. The van der Waals surface area contributed by atoms with Crippen LogP contribution < -0.4 is 10.6 Å². The van der Waals surface area contributed by atoms with Gasteiger partial charge in [0.15, 0.2) is 5.78 Å². The Morgan fingerprint density at radius 1 is 1.18 bits per heavy atom. The van der Waals surface area contributed by atoms with E-state index in [0.717, 1.165) is 28.5 Å². The van der Waals surface area contributed by atoms with Crippen LogP contribution in [0.4, 0.5) is 0 Å². The molecule has 1 saturated heterocycles. The first-order valence-corrected chi connectivity index (χ1v) is 11.9. The molecule has 0 radical (unpaired) electrons. The molecule has 2 aromatic carbocycles. The maximum Gasteiger partial charge on any atom is 0.253 e. The van der Waals surface area contributed by atoms with E-state index in [1.54, 1.807) is 29.6 Å². The third-order valence-electron chi connectivity index (χ3n) is 6.57. The van der Waals surface area contributed by atoms with Crippen LogP contribution in [0.3, 0.4) is 0 Å². The number of hydrogen-bond donors (Lipinski definition) is 3. The number of amides is 2. The molecule has 7 nitrogen and oxygen atoms in total. The molecule has 1 aromatic heterocycles. The molecule has 2 amide bonds. The van der Waals surface area contributed by atoms with Gasteiger partial charge in [-0.1, -0.05) is 30.3 Å². The quantitative estimate of drug-likeness (QED) is 0.520. The molecule has 0 spiro atoms. The van der Waals surface area contributed by atoms with E-state index in [9.17, 15) is 19.5 Å². The van der Waals surface area contributed by atoms with Crippen molar-refractivity contribution in [2.24, 2.45) is 0 Å². The van der Waals surface area contributed by atoms with E-state index in [1.807, 2.05) is 24.3 Å². The Bertz CT molecular complexity index is 1220. The highest BCUT2D eigenvalue weighted by Crippen LogP contribution is 2.38. The van der Waals surface area contributed by atoms with Gasteiger partial charge in [0.05, 0.1) is 11.7 Å². The number of aromatic hydroxyl groups is 1. The van der Waals surface area contributed by atoms with Crippen molar-refractivity contribution in [3.05, 3.63) is 65.0 Å². The second-order valence-corrected chi connectivity index (χ2v) is 9.53. The Labute approximate surface area is 194 Å². The molecule has 2 fully saturated rings. The first kappa shape index (κ1) is 21.6. The standard InChI is InChI=1S/C25H24N2O5S/c28-16-9-7-15(8-10-16)12-19(24(31)27-25-11-3-6-22(25)32-13-21(25)29)26-23(30)18-14-33-20-5-2-1-4-17(18)20/h1-2,4-5,7-10,14,19,22,28H,3,6,11-13H2,(H,26,30)(H,27,31). The first-order valence-electron chi connectivity index (χ1n) is 11.0. The number of fused-ring (bicyclic) bond motifs is 2. The zero-order valence-electron chi connectivity index (χ0n) is 17.9. The third kappa shape index (κ3) is 4.00. The first-order chi connectivity index (χ1) is 16.0. The molecule has 3 N–H and O–H groups in total. The largest absolute Gasteiger partial charge is 0.508 e. The maximum absolute atomic E-state index is 13.4. The van der Waals surface area contributed by atoms with E-state index >= 15 is 0 Å². The number of ketones is 1. The number of rotatable bonds is 6. The summed E-state index contributed by atoms with van der Waals surface area (Å²) in [7, 11) is 0. The predicted molar refractivity (Wildman–Crippen MR) is 124 cm³/mol. The van der Waals surface area contributed by atoms with E-state index in [2.05, 4.69) is 10.6 Å². The molecule has 2 aliphatic rings. The summed E-state index contributed by atoms with van der Waals surface area (Å²) in [5.74, 6) is -0.755. The molecule has 1 aliphatic carbocycles. The SMILES string of the molecule is O=C(NC(Cc1ccc(O)cc1)C(=O)NC12CCCC1OCC2=O)c1csc2ccccc12. The lowest BCUT2D eigenvalue weighted by Crippen LogP contribution is -2.60. The van der Waals surface area contributed by atoms with Crippen LogP contribution in [0.2, 0.25) is 0 Å². The van der Waals surface area contributed by atoms with Crippen LogP contribution in [0.15, 0.2) is 53.9 Å². The summed E-state index contributed by atoms with van der Waals surface area (Å²) in [4.78, 5) is 39.3. The van der Waals surface area contributed by atoms with Gasteiger partial charge < -0.3 is 20.5 Å². The summed E-state index contributed by atoms with van der Waals surface area (Å²) < 4.78 is 6.60. The lowest BCUT2D eigenvalue weighted by atomic mass is 9.91. The zero-order chi connectivity index (χ0) is 23.0. The summed E-state index contributed by atoms with van der Waals surface area (Å²) in [6.45, 7) is 0.000821. The number of carbonyl (C=O) groups excluding carboxylic acids is 3. The fourth-order valence-electron chi connectivity index (χ4n) is 4.81. The van der Waals surface area contributed by atoms with Crippen LogP contribution in [0.5, 0.6) is 5.75 Å². The molecular formula is C25H24N2O5S. The molecule has 5 rings (SSSR count). The number of thiophene rings is 1. The summed E-state index contributed by atoms with van der Waals surface area (Å²) in [5.41, 5.74) is 0.276. The lowest BCUT2D eigenvalue weighted by Gasteiger charge is -2.30.